The average Bonchev–Trinajstić information content (AvgIpc) is 3.13. The van der Waals surface area contributed by atoms with Crippen molar-refractivity contribution in [3.63, 3.8) is 0 Å². The lowest BCUT2D eigenvalue weighted by molar-refractivity contribution is -1.03. The summed E-state index contributed by atoms with van der Waals surface area (Å²) in [6, 6.07) is 9.74. The normalized spacial score (nSPS) is 38.8. The fourth-order valence-electron chi connectivity index (χ4n) is 5.13. The maximum Gasteiger partial charge on any atom is 0.127 e. The van der Waals surface area contributed by atoms with Crippen LogP contribution in [0.5, 0.6) is 0 Å². The number of piperazine rings is 1. The van der Waals surface area contributed by atoms with Crippen molar-refractivity contribution >= 4 is 15.9 Å². The van der Waals surface area contributed by atoms with Gasteiger partial charge in [0.2, 0.25) is 0 Å². The second-order valence-corrected chi connectivity index (χ2v) is 8.31. The Kier molecular flexibility index (Phi) is 4.08. The lowest BCUT2D eigenvalue weighted by atomic mass is 9.93. The largest absolute Gasteiger partial charge is 0.323 e. The van der Waals surface area contributed by atoms with Gasteiger partial charge >= 0.3 is 0 Å². The first-order valence-corrected chi connectivity index (χ1v) is 9.50. The molecule has 114 valence electrons. The molecule has 0 unspecified atom stereocenters. The van der Waals surface area contributed by atoms with Gasteiger partial charge in [0.15, 0.2) is 0 Å². The van der Waals surface area contributed by atoms with Gasteiger partial charge in [-0.25, -0.2) is 0 Å². The average molecular weight is 351 g/mol. The Labute approximate surface area is 136 Å². The van der Waals surface area contributed by atoms with E-state index in [1.54, 1.807) is 17.7 Å². The molecular weight excluding hydrogens is 324 g/mol. The van der Waals surface area contributed by atoms with E-state index in [1.807, 2.05) is 4.90 Å². The minimum atomic E-state index is 1.02. The van der Waals surface area contributed by atoms with Crippen molar-refractivity contribution in [3.8, 4) is 0 Å². The van der Waals surface area contributed by atoms with Crippen LogP contribution >= 0.6 is 15.9 Å². The van der Waals surface area contributed by atoms with Crippen molar-refractivity contribution in [1.82, 2.24) is 0 Å². The molecule has 2 bridgehead atoms. The van der Waals surface area contributed by atoms with Crippen LogP contribution in [-0.4, -0.2) is 32.2 Å². The third kappa shape index (κ3) is 2.93. The van der Waals surface area contributed by atoms with Gasteiger partial charge in [-0.1, -0.05) is 34.1 Å². The molecule has 0 spiro atoms. The van der Waals surface area contributed by atoms with E-state index >= 15 is 0 Å². The molecule has 4 rings (SSSR count). The summed E-state index contributed by atoms with van der Waals surface area (Å²) in [6.07, 6.45) is 6.17. The molecular formula is C18H27BrN2+2. The van der Waals surface area contributed by atoms with Crippen LogP contribution in [0.3, 0.4) is 0 Å². The van der Waals surface area contributed by atoms with Crippen LogP contribution in [-0.2, 0) is 6.54 Å². The Hall–Kier alpha value is -0.380. The molecule has 1 aromatic carbocycles. The lowest BCUT2D eigenvalue weighted by Crippen LogP contribution is -3.29. The van der Waals surface area contributed by atoms with Gasteiger partial charge in [-0.15, -0.1) is 0 Å². The summed E-state index contributed by atoms with van der Waals surface area (Å²) >= 11 is 3.69. The molecule has 3 fully saturated rings. The van der Waals surface area contributed by atoms with Crippen LogP contribution in [0.15, 0.2) is 28.7 Å². The highest BCUT2D eigenvalue weighted by Crippen LogP contribution is 2.43. The Morgan fingerprint density at radius 3 is 2.48 bits per heavy atom. The summed E-state index contributed by atoms with van der Waals surface area (Å²) in [4.78, 5) is 3.71. The first kappa shape index (κ1) is 14.2. The van der Waals surface area contributed by atoms with E-state index in [0.29, 0.717) is 0 Å². The molecule has 1 aromatic rings. The molecule has 2 saturated carbocycles. The lowest BCUT2D eigenvalue weighted by Gasteiger charge is -2.36. The number of nitrogens with one attached hydrogen (secondary N) is 2. The van der Waals surface area contributed by atoms with E-state index < -0.39 is 0 Å². The highest BCUT2D eigenvalue weighted by molar-refractivity contribution is 9.10. The van der Waals surface area contributed by atoms with Crippen molar-refractivity contribution in [2.75, 3.05) is 26.2 Å². The summed E-state index contributed by atoms with van der Waals surface area (Å²) in [5.41, 5.74) is 1.47. The Morgan fingerprint density at radius 2 is 1.81 bits per heavy atom. The Balaban J connectivity index is 1.32. The summed E-state index contributed by atoms with van der Waals surface area (Å²) in [5, 5.41) is 0. The fraction of sp³-hybridized carbons (Fsp3) is 0.667. The summed E-state index contributed by atoms with van der Waals surface area (Å²) in [5.74, 6) is 2.17. The molecule has 2 N–H and O–H groups in total. The third-order valence-electron chi connectivity index (χ3n) is 6.26. The molecule has 3 atom stereocenters. The van der Waals surface area contributed by atoms with Crippen LogP contribution in [0, 0.1) is 11.8 Å². The molecule has 21 heavy (non-hydrogen) atoms. The van der Waals surface area contributed by atoms with Gasteiger partial charge in [0.25, 0.3) is 0 Å². The molecule has 3 heteroatoms. The maximum atomic E-state index is 3.69. The monoisotopic (exact) mass is 350 g/mol. The van der Waals surface area contributed by atoms with E-state index in [9.17, 15) is 0 Å². The number of hydrogen-bond donors (Lipinski definition) is 2. The first-order valence-electron chi connectivity index (χ1n) is 8.71. The molecule has 1 aliphatic heterocycles. The zero-order valence-electron chi connectivity index (χ0n) is 12.8. The maximum absolute atomic E-state index is 3.69. The van der Waals surface area contributed by atoms with E-state index in [-0.39, 0.29) is 0 Å². The van der Waals surface area contributed by atoms with Gasteiger partial charge in [0.05, 0.1) is 6.04 Å². The highest BCUT2D eigenvalue weighted by atomic mass is 79.9. The second-order valence-electron chi connectivity index (χ2n) is 7.46. The minimum absolute atomic E-state index is 1.02. The Morgan fingerprint density at radius 1 is 1.00 bits per heavy atom. The third-order valence-corrected chi connectivity index (χ3v) is 7.03. The van der Waals surface area contributed by atoms with Crippen molar-refractivity contribution in [2.24, 2.45) is 11.8 Å². The van der Waals surface area contributed by atoms with Gasteiger partial charge in [-0.3, -0.25) is 0 Å². The number of rotatable bonds is 3. The van der Waals surface area contributed by atoms with Crippen molar-refractivity contribution in [2.45, 2.75) is 38.3 Å². The number of hydrogen-bond acceptors (Lipinski definition) is 0. The molecule has 2 nitrogen and oxygen atoms in total. The molecule has 0 radical (unpaired) electrons. The second kappa shape index (κ2) is 6.02. The summed E-state index contributed by atoms with van der Waals surface area (Å²) in [7, 11) is 0. The van der Waals surface area contributed by atoms with Crippen LogP contribution in [0.2, 0.25) is 0 Å². The quantitative estimate of drug-likeness (QED) is 0.802. The predicted octanol–water partition coefficient (Wildman–Crippen LogP) is 0.921. The van der Waals surface area contributed by atoms with E-state index in [1.165, 1.54) is 55.6 Å². The molecule has 3 aliphatic rings. The molecule has 0 aromatic heterocycles. The van der Waals surface area contributed by atoms with Crippen molar-refractivity contribution in [1.29, 1.82) is 0 Å². The topological polar surface area (TPSA) is 8.88 Å². The fourth-order valence-corrected chi connectivity index (χ4v) is 5.55. The first-order chi connectivity index (χ1) is 10.3. The van der Waals surface area contributed by atoms with Gasteiger partial charge in [0.1, 0.15) is 32.7 Å². The smallest absolute Gasteiger partial charge is 0.127 e. The number of quaternary nitrogens is 2. The van der Waals surface area contributed by atoms with Crippen molar-refractivity contribution < 1.29 is 9.80 Å². The minimum Gasteiger partial charge on any atom is -0.323 e. The summed E-state index contributed by atoms with van der Waals surface area (Å²) < 4.78 is 1.28. The molecule has 2 aliphatic carbocycles. The van der Waals surface area contributed by atoms with Gasteiger partial charge in [-0.2, -0.15) is 0 Å². The van der Waals surface area contributed by atoms with Crippen molar-refractivity contribution in [3.05, 3.63) is 34.3 Å². The molecule has 1 heterocycles. The number of fused-ring (bicyclic) bond motifs is 2. The number of halogens is 1. The van der Waals surface area contributed by atoms with E-state index in [0.717, 1.165) is 17.9 Å². The summed E-state index contributed by atoms with van der Waals surface area (Å²) in [6.45, 7) is 6.68. The van der Waals surface area contributed by atoms with Gasteiger partial charge in [-0.05, 0) is 31.2 Å². The SMILES string of the molecule is Brc1ccccc1C[NH+]1CC[NH+]([C@@H]2C[C@H]3CC[C@@H]2C3)CC1. The van der Waals surface area contributed by atoms with E-state index in [4.69, 9.17) is 0 Å². The zero-order valence-corrected chi connectivity index (χ0v) is 14.4. The van der Waals surface area contributed by atoms with Gasteiger partial charge < -0.3 is 9.80 Å². The van der Waals surface area contributed by atoms with Gasteiger partial charge in [0, 0.05) is 22.4 Å². The molecule has 1 saturated heterocycles. The Bertz CT molecular complexity index is 496. The number of benzene rings is 1. The van der Waals surface area contributed by atoms with Crippen LogP contribution in [0.25, 0.3) is 0 Å². The van der Waals surface area contributed by atoms with Crippen LogP contribution in [0.4, 0.5) is 0 Å². The molecule has 0 amide bonds. The zero-order chi connectivity index (χ0) is 14.2. The van der Waals surface area contributed by atoms with Crippen LogP contribution < -0.4 is 9.80 Å². The predicted molar refractivity (Wildman–Crippen MR) is 88.5 cm³/mol. The van der Waals surface area contributed by atoms with E-state index in [2.05, 4.69) is 40.2 Å². The highest BCUT2D eigenvalue weighted by Gasteiger charge is 2.46. The standard InChI is InChI=1S/C18H25BrN2/c19-17-4-2-1-3-16(17)13-20-7-9-21(10-8-20)18-12-14-5-6-15(18)11-14/h1-4,14-15,18H,5-13H2/p+2/t14-,15+,18+/m0/s1. The van der Waals surface area contributed by atoms with Crippen LogP contribution in [0.1, 0.15) is 31.2 Å².